The van der Waals surface area contributed by atoms with Crippen LogP contribution in [0.25, 0.3) is 10.8 Å². The second-order valence-electron chi connectivity index (χ2n) is 6.44. The summed E-state index contributed by atoms with van der Waals surface area (Å²) in [6.45, 7) is 2.00. The van der Waals surface area contributed by atoms with Gasteiger partial charge in [-0.1, -0.05) is 0 Å². The Bertz CT molecular complexity index is 996. The van der Waals surface area contributed by atoms with Crippen molar-refractivity contribution in [1.29, 1.82) is 0 Å². The molecule has 0 aliphatic carbocycles. The molecule has 1 fully saturated rings. The standard InChI is InChI=1S/C20H18N4O2/c1-2-17-18(21-7-1)11-23-19(17)24-14-3-4-16-13(10-14)5-8-22-20(16)26-15-6-9-25-12-15/h1-5,7-8,10,15H,6,9,11-12H2,(H,23,24)/t15-/m0/s1. The normalized spacial score (nSPS) is 18.6. The van der Waals surface area contributed by atoms with Crippen LogP contribution in [0.4, 0.5) is 5.69 Å². The molecular formula is C20H18N4O2. The Morgan fingerprint density at radius 1 is 1.12 bits per heavy atom. The SMILES string of the molecule is c1cnc2c(c1)C(Nc1ccc3c(O[C@H]4CCOC4)nccc3c1)=NC2. The van der Waals surface area contributed by atoms with Crippen LogP contribution in [0, 0.1) is 0 Å². The molecule has 3 aromatic rings. The van der Waals surface area contributed by atoms with E-state index in [1.54, 1.807) is 12.4 Å². The monoisotopic (exact) mass is 346 g/mol. The Hall–Kier alpha value is -2.99. The number of benzene rings is 1. The molecule has 0 radical (unpaired) electrons. The molecule has 1 aromatic carbocycles. The van der Waals surface area contributed by atoms with E-state index in [-0.39, 0.29) is 6.10 Å². The summed E-state index contributed by atoms with van der Waals surface area (Å²) >= 11 is 0. The van der Waals surface area contributed by atoms with Crippen molar-refractivity contribution < 1.29 is 9.47 Å². The van der Waals surface area contributed by atoms with Crippen molar-refractivity contribution in [2.45, 2.75) is 19.1 Å². The highest BCUT2D eigenvalue weighted by molar-refractivity contribution is 6.11. The molecule has 1 saturated heterocycles. The average Bonchev–Trinajstić information content (AvgIpc) is 3.32. The van der Waals surface area contributed by atoms with Crippen molar-refractivity contribution in [2.24, 2.45) is 4.99 Å². The first-order valence-electron chi connectivity index (χ1n) is 8.76. The maximum absolute atomic E-state index is 6.02. The number of nitrogens with one attached hydrogen (secondary N) is 1. The summed E-state index contributed by atoms with van der Waals surface area (Å²) in [7, 11) is 0. The second-order valence-corrected chi connectivity index (χ2v) is 6.44. The first kappa shape index (κ1) is 15.3. The lowest BCUT2D eigenvalue weighted by molar-refractivity contribution is 0.139. The number of aliphatic imine (C=N–C) groups is 1. The second kappa shape index (κ2) is 6.38. The fourth-order valence-electron chi connectivity index (χ4n) is 3.35. The van der Waals surface area contributed by atoms with Gasteiger partial charge < -0.3 is 14.8 Å². The highest BCUT2D eigenvalue weighted by atomic mass is 16.5. The summed E-state index contributed by atoms with van der Waals surface area (Å²) in [5.74, 6) is 1.53. The Labute approximate surface area is 150 Å². The number of nitrogens with zero attached hydrogens (tertiary/aromatic N) is 3. The molecule has 4 heterocycles. The molecule has 2 aliphatic rings. The average molecular weight is 346 g/mol. The smallest absolute Gasteiger partial charge is 0.221 e. The molecule has 6 nitrogen and oxygen atoms in total. The maximum atomic E-state index is 6.02. The van der Waals surface area contributed by atoms with Crippen molar-refractivity contribution in [3.8, 4) is 5.88 Å². The number of hydrogen-bond donors (Lipinski definition) is 1. The van der Waals surface area contributed by atoms with Crippen LogP contribution in [0.1, 0.15) is 17.7 Å². The van der Waals surface area contributed by atoms with Crippen LogP contribution >= 0.6 is 0 Å². The van der Waals surface area contributed by atoms with Gasteiger partial charge in [0.1, 0.15) is 11.9 Å². The van der Waals surface area contributed by atoms with E-state index in [0.29, 0.717) is 19.0 Å². The fourth-order valence-corrected chi connectivity index (χ4v) is 3.35. The van der Waals surface area contributed by atoms with E-state index in [2.05, 4.69) is 26.3 Å². The lowest BCUT2D eigenvalue weighted by Crippen LogP contribution is -2.16. The molecule has 1 atom stereocenters. The van der Waals surface area contributed by atoms with Crippen LogP contribution in [-0.4, -0.2) is 35.1 Å². The predicted molar refractivity (Wildman–Crippen MR) is 99.7 cm³/mol. The molecule has 2 aliphatic heterocycles. The highest BCUT2D eigenvalue weighted by Gasteiger charge is 2.19. The molecular weight excluding hydrogens is 328 g/mol. The van der Waals surface area contributed by atoms with Crippen LogP contribution in [0.5, 0.6) is 5.88 Å². The van der Waals surface area contributed by atoms with Gasteiger partial charge in [0.25, 0.3) is 0 Å². The third kappa shape index (κ3) is 2.78. The number of amidine groups is 1. The van der Waals surface area contributed by atoms with Crippen LogP contribution in [0.2, 0.25) is 0 Å². The van der Waals surface area contributed by atoms with E-state index >= 15 is 0 Å². The van der Waals surface area contributed by atoms with Gasteiger partial charge in [0.2, 0.25) is 5.88 Å². The molecule has 0 amide bonds. The van der Waals surface area contributed by atoms with Gasteiger partial charge in [0.15, 0.2) is 0 Å². The van der Waals surface area contributed by atoms with Crippen LogP contribution < -0.4 is 10.1 Å². The Balaban J connectivity index is 1.42. The first-order chi connectivity index (χ1) is 12.9. The number of hydrogen-bond acceptors (Lipinski definition) is 6. The van der Waals surface area contributed by atoms with E-state index in [1.807, 2.05) is 30.3 Å². The number of rotatable bonds is 3. The first-order valence-corrected chi connectivity index (χ1v) is 8.76. The summed E-state index contributed by atoms with van der Waals surface area (Å²) < 4.78 is 11.4. The van der Waals surface area contributed by atoms with Crippen molar-refractivity contribution in [3.63, 3.8) is 0 Å². The van der Waals surface area contributed by atoms with E-state index in [1.165, 1.54) is 0 Å². The predicted octanol–water partition coefficient (Wildman–Crippen LogP) is 3.17. The fraction of sp³-hybridized carbons (Fsp3) is 0.250. The topological polar surface area (TPSA) is 68.6 Å². The van der Waals surface area contributed by atoms with Gasteiger partial charge in [0, 0.05) is 35.5 Å². The minimum absolute atomic E-state index is 0.0859. The van der Waals surface area contributed by atoms with Gasteiger partial charge in [-0.05, 0) is 41.8 Å². The number of pyridine rings is 2. The van der Waals surface area contributed by atoms with E-state index in [4.69, 9.17) is 9.47 Å². The van der Waals surface area contributed by atoms with Crippen LogP contribution in [-0.2, 0) is 11.3 Å². The Morgan fingerprint density at radius 3 is 3.04 bits per heavy atom. The summed E-state index contributed by atoms with van der Waals surface area (Å²) in [4.78, 5) is 13.3. The molecule has 0 bridgehead atoms. The molecule has 0 saturated carbocycles. The van der Waals surface area contributed by atoms with Crippen LogP contribution in [0.15, 0.2) is 53.8 Å². The number of anilines is 1. The van der Waals surface area contributed by atoms with E-state index < -0.39 is 0 Å². The largest absolute Gasteiger partial charge is 0.471 e. The molecule has 6 heteroatoms. The zero-order valence-electron chi connectivity index (χ0n) is 14.2. The van der Waals surface area contributed by atoms with E-state index in [9.17, 15) is 0 Å². The van der Waals surface area contributed by atoms with Crippen molar-refractivity contribution in [2.75, 3.05) is 18.5 Å². The summed E-state index contributed by atoms with van der Waals surface area (Å²) in [5, 5.41) is 5.48. The summed E-state index contributed by atoms with van der Waals surface area (Å²) in [5.41, 5.74) is 3.05. The van der Waals surface area contributed by atoms with Crippen molar-refractivity contribution in [1.82, 2.24) is 9.97 Å². The van der Waals surface area contributed by atoms with Gasteiger partial charge in [0.05, 0.1) is 25.5 Å². The third-order valence-corrected chi connectivity index (χ3v) is 4.69. The van der Waals surface area contributed by atoms with Gasteiger partial charge >= 0.3 is 0 Å². The van der Waals surface area contributed by atoms with Crippen molar-refractivity contribution >= 4 is 22.3 Å². The van der Waals surface area contributed by atoms with Gasteiger partial charge in [-0.2, -0.15) is 0 Å². The van der Waals surface area contributed by atoms with Crippen LogP contribution in [0.3, 0.4) is 0 Å². The molecule has 26 heavy (non-hydrogen) atoms. The molecule has 130 valence electrons. The minimum atomic E-state index is 0.0859. The lowest BCUT2D eigenvalue weighted by Gasteiger charge is -2.14. The molecule has 5 rings (SSSR count). The summed E-state index contributed by atoms with van der Waals surface area (Å²) in [6.07, 6.45) is 4.58. The minimum Gasteiger partial charge on any atom is -0.471 e. The molecule has 0 spiro atoms. The van der Waals surface area contributed by atoms with E-state index in [0.717, 1.165) is 46.6 Å². The third-order valence-electron chi connectivity index (χ3n) is 4.69. The zero-order valence-corrected chi connectivity index (χ0v) is 14.2. The number of aromatic nitrogens is 2. The quantitative estimate of drug-likeness (QED) is 0.789. The molecule has 0 unspecified atom stereocenters. The number of ether oxygens (including phenoxy) is 2. The van der Waals surface area contributed by atoms with Gasteiger partial charge in [-0.15, -0.1) is 0 Å². The van der Waals surface area contributed by atoms with Gasteiger partial charge in [-0.25, -0.2) is 4.98 Å². The maximum Gasteiger partial charge on any atom is 0.221 e. The van der Waals surface area contributed by atoms with Crippen molar-refractivity contribution in [3.05, 3.63) is 60.0 Å². The highest BCUT2D eigenvalue weighted by Crippen LogP contribution is 2.28. The molecule has 1 N–H and O–H groups in total. The molecule has 2 aromatic heterocycles. The Morgan fingerprint density at radius 2 is 2.12 bits per heavy atom. The zero-order chi connectivity index (χ0) is 17.3. The Kier molecular flexibility index (Phi) is 3.75. The van der Waals surface area contributed by atoms with Gasteiger partial charge in [-0.3, -0.25) is 9.98 Å². The summed E-state index contributed by atoms with van der Waals surface area (Å²) in [6, 6.07) is 12.1. The number of fused-ring (bicyclic) bond motifs is 2. The lowest BCUT2D eigenvalue weighted by atomic mass is 10.1.